The number of carbonyl (C=O) groups excluding carboxylic acids is 1. The van der Waals surface area contributed by atoms with E-state index in [1.54, 1.807) is 6.92 Å². The molecular weight excluding hydrogens is 337 g/mol. The van der Waals surface area contributed by atoms with Crippen LogP contribution in [0.1, 0.15) is 31.9 Å². The lowest BCUT2D eigenvalue weighted by Crippen LogP contribution is -2.44. The van der Waals surface area contributed by atoms with Crippen molar-refractivity contribution in [3.05, 3.63) is 18.0 Å². The van der Waals surface area contributed by atoms with Gasteiger partial charge in [-0.25, -0.2) is 9.97 Å². The first-order valence-corrected chi connectivity index (χ1v) is 8.38. The molecule has 0 bridgehead atoms. The van der Waals surface area contributed by atoms with Crippen molar-refractivity contribution < 1.29 is 22.7 Å². The first-order valence-electron chi connectivity index (χ1n) is 8.38. The first-order chi connectivity index (χ1) is 11.8. The predicted molar refractivity (Wildman–Crippen MR) is 83.8 cm³/mol. The summed E-state index contributed by atoms with van der Waals surface area (Å²) in [5, 5.41) is 3.01. The molecule has 138 valence electrons. The van der Waals surface area contributed by atoms with E-state index in [2.05, 4.69) is 15.3 Å². The molecule has 1 aromatic rings. The fourth-order valence-corrected chi connectivity index (χ4v) is 3.53. The molecular formula is C16H21F3N4O2. The third-order valence-corrected chi connectivity index (χ3v) is 4.85. The number of anilines is 1. The summed E-state index contributed by atoms with van der Waals surface area (Å²) in [6.07, 6.45) is -1.15. The predicted octanol–water partition coefficient (Wildman–Crippen LogP) is 2.32. The van der Waals surface area contributed by atoms with E-state index < -0.39 is 11.9 Å². The molecule has 0 aromatic carbocycles. The number of carbonyl (C=O) groups is 1. The number of hydrogen-bond donors (Lipinski definition) is 1. The van der Waals surface area contributed by atoms with Crippen molar-refractivity contribution in [3.8, 4) is 0 Å². The Kier molecular flexibility index (Phi) is 5.12. The van der Waals surface area contributed by atoms with Crippen LogP contribution in [0.3, 0.4) is 0 Å². The minimum absolute atomic E-state index is 0.0310. The third-order valence-electron chi connectivity index (χ3n) is 4.85. The van der Waals surface area contributed by atoms with Crippen molar-refractivity contribution in [2.24, 2.45) is 5.92 Å². The van der Waals surface area contributed by atoms with Crippen LogP contribution < -0.4 is 5.32 Å². The molecule has 0 unspecified atom stereocenters. The fraction of sp³-hybridized carbons (Fsp3) is 0.688. The molecule has 0 radical (unpaired) electrons. The fourth-order valence-electron chi connectivity index (χ4n) is 3.53. The van der Waals surface area contributed by atoms with Gasteiger partial charge in [-0.15, -0.1) is 0 Å². The Bertz CT molecular complexity index is 618. The van der Waals surface area contributed by atoms with Gasteiger partial charge in [0.1, 0.15) is 5.69 Å². The highest BCUT2D eigenvalue weighted by atomic mass is 19.4. The summed E-state index contributed by atoms with van der Waals surface area (Å²) in [6.45, 7) is 3.48. The summed E-state index contributed by atoms with van der Waals surface area (Å²) in [6, 6.07) is 0.725. The van der Waals surface area contributed by atoms with Crippen molar-refractivity contribution in [2.45, 2.75) is 44.5 Å². The topological polar surface area (TPSA) is 67.3 Å². The maximum atomic E-state index is 12.8. The van der Waals surface area contributed by atoms with E-state index in [-0.39, 0.29) is 29.9 Å². The standard InChI is InChI=1S/C16H21F3N4O2/c1-10(24)23-7-3-11(4-8-23)14-12(5-9-25-14)21-15-20-6-2-13(22-15)16(17,18)19/h2,6,11-12,14H,3-5,7-9H2,1H3,(H,20,21,22)/t12-,14+/m1/s1. The van der Waals surface area contributed by atoms with E-state index in [9.17, 15) is 18.0 Å². The molecule has 2 atom stereocenters. The smallest absolute Gasteiger partial charge is 0.376 e. The molecule has 1 aromatic heterocycles. The number of alkyl halides is 3. The Morgan fingerprint density at radius 2 is 2.04 bits per heavy atom. The molecule has 6 nitrogen and oxygen atoms in total. The van der Waals surface area contributed by atoms with E-state index in [0.29, 0.717) is 26.1 Å². The summed E-state index contributed by atoms with van der Waals surface area (Å²) >= 11 is 0. The van der Waals surface area contributed by atoms with Gasteiger partial charge in [0.2, 0.25) is 11.9 Å². The number of aromatic nitrogens is 2. The molecule has 2 aliphatic heterocycles. The average molecular weight is 358 g/mol. The maximum Gasteiger partial charge on any atom is 0.433 e. The summed E-state index contributed by atoms with van der Waals surface area (Å²) in [5.41, 5.74) is -0.963. The number of nitrogens with one attached hydrogen (secondary N) is 1. The molecule has 2 aliphatic rings. The number of likely N-dealkylation sites (tertiary alicyclic amines) is 1. The van der Waals surface area contributed by atoms with Crippen LogP contribution in [0.4, 0.5) is 19.1 Å². The molecule has 1 amide bonds. The lowest BCUT2D eigenvalue weighted by molar-refractivity contribution is -0.141. The Balaban J connectivity index is 1.64. The molecule has 0 aliphatic carbocycles. The zero-order valence-corrected chi connectivity index (χ0v) is 13.9. The molecule has 0 spiro atoms. The Morgan fingerprint density at radius 3 is 2.68 bits per heavy atom. The number of hydrogen-bond acceptors (Lipinski definition) is 5. The molecule has 9 heteroatoms. The zero-order chi connectivity index (χ0) is 18.0. The molecule has 1 N–H and O–H groups in total. The van der Waals surface area contributed by atoms with Gasteiger partial charge in [-0.3, -0.25) is 4.79 Å². The summed E-state index contributed by atoms with van der Waals surface area (Å²) < 4.78 is 44.2. The van der Waals surface area contributed by atoms with Gasteiger partial charge in [-0.05, 0) is 31.2 Å². The van der Waals surface area contributed by atoms with Crippen molar-refractivity contribution in [1.82, 2.24) is 14.9 Å². The van der Waals surface area contributed by atoms with Crippen LogP contribution in [0.15, 0.2) is 12.3 Å². The molecule has 2 saturated heterocycles. The first kappa shape index (κ1) is 17.9. The number of nitrogens with zero attached hydrogens (tertiary/aromatic N) is 3. The van der Waals surface area contributed by atoms with Gasteiger partial charge in [-0.2, -0.15) is 13.2 Å². The van der Waals surface area contributed by atoms with Crippen molar-refractivity contribution in [1.29, 1.82) is 0 Å². The minimum Gasteiger partial charge on any atom is -0.376 e. The van der Waals surface area contributed by atoms with Gasteiger partial charge in [-0.1, -0.05) is 0 Å². The van der Waals surface area contributed by atoms with Crippen LogP contribution in [0.25, 0.3) is 0 Å². The number of amides is 1. The van der Waals surface area contributed by atoms with Gasteiger partial charge in [0.15, 0.2) is 0 Å². The van der Waals surface area contributed by atoms with Gasteiger partial charge in [0.05, 0.1) is 12.1 Å². The van der Waals surface area contributed by atoms with E-state index in [4.69, 9.17) is 4.74 Å². The van der Waals surface area contributed by atoms with Crippen molar-refractivity contribution >= 4 is 11.9 Å². The molecule has 25 heavy (non-hydrogen) atoms. The van der Waals surface area contributed by atoms with Gasteiger partial charge < -0.3 is 15.0 Å². The average Bonchev–Trinajstić information content (AvgIpc) is 3.02. The van der Waals surface area contributed by atoms with Crippen LogP contribution in [-0.4, -0.2) is 52.6 Å². The lowest BCUT2D eigenvalue weighted by atomic mass is 9.87. The van der Waals surface area contributed by atoms with Gasteiger partial charge >= 0.3 is 6.18 Å². The van der Waals surface area contributed by atoms with E-state index in [0.717, 1.165) is 25.1 Å². The summed E-state index contributed by atoms with van der Waals surface area (Å²) in [5.74, 6) is 0.302. The summed E-state index contributed by atoms with van der Waals surface area (Å²) in [4.78, 5) is 20.7. The van der Waals surface area contributed by atoms with E-state index >= 15 is 0 Å². The molecule has 2 fully saturated rings. The summed E-state index contributed by atoms with van der Waals surface area (Å²) in [7, 11) is 0. The highest BCUT2D eigenvalue weighted by Crippen LogP contribution is 2.31. The third kappa shape index (κ3) is 4.20. The zero-order valence-electron chi connectivity index (χ0n) is 13.9. The highest BCUT2D eigenvalue weighted by Gasteiger charge is 2.38. The van der Waals surface area contributed by atoms with Gasteiger partial charge in [0, 0.05) is 32.8 Å². The Morgan fingerprint density at radius 1 is 1.32 bits per heavy atom. The highest BCUT2D eigenvalue weighted by molar-refractivity contribution is 5.73. The second-order valence-electron chi connectivity index (χ2n) is 6.48. The van der Waals surface area contributed by atoms with Crippen molar-refractivity contribution in [3.63, 3.8) is 0 Å². The second-order valence-corrected chi connectivity index (χ2v) is 6.48. The van der Waals surface area contributed by atoms with Crippen LogP contribution in [0.2, 0.25) is 0 Å². The Hall–Kier alpha value is -1.90. The maximum absolute atomic E-state index is 12.8. The quantitative estimate of drug-likeness (QED) is 0.898. The molecule has 3 rings (SSSR count). The van der Waals surface area contributed by atoms with E-state index in [1.807, 2.05) is 4.90 Å². The number of halogens is 3. The lowest BCUT2D eigenvalue weighted by Gasteiger charge is -2.36. The monoisotopic (exact) mass is 358 g/mol. The SMILES string of the molecule is CC(=O)N1CCC([C@@H]2OCC[C@H]2Nc2nccc(C(F)(F)F)n2)CC1. The molecule has 3 heterocycles. The normalized spacial score (nSPS) is 25.2. The molecule has 0 saturated carbocycles. The van der Waals surface area contributed by atoms with Crippen LogP contribution in [0, 0.1) is 5.92 Å². The van der Waals surface area contributed by atoms with Crippen LogP contribution in [0.5, 0.6) is 0 Å². The van der Waals surface area contributed by atoms with Crippen molar-refractivity contribution in [2.75, 3.05) is 25.0 Å². The number of piperidine rings is 1. The Labute approximate surface area is 143 Å². The number of ether oxygens (including phenoxy) is 1. The van der Waals surface area contributed by atoms with Crippen LogP contribution >= 0.6 is 0 Å². The second kappa shape index (κ2) is 7.15. The van der Waals surface area contributed by atoms with E-state index in [1.165, 1.54) is 0 Å². The largest absolute Gasteiger partial charge is 0.433 e. The number of rotatable bonds is 3. The minimum atomic E-state index is -4.50. The van der Waals surface area contributed by atoms with Gasteiger partial charge in [0.25, 0.3) is 0 Å². The van der Waals surface area contributed by atoms with Crippen LogP contribution in [-0.2, 0) is 15.7 Å².